The third kappa shape index (κ3) is 5.62. The van der Waals surface area contributed by atoms with Gasteiger partial charge in [-0.1, -0.05) is 31.1 Å². The zero-order valence-corrected chi connectivity index (χ0v) is 19.9. The van der Waals surface area contributed by atoms with E-state index in [2.05, 4.69) is 41.0 Å². The van der Waals surface area contributed by atoms with Crippen LogP contribution in [0.2, 0.25) is 0 Å². The summed E-state index contributed by atoms with van der Waals surface area (Å²) in [5, 5.41) is 4.09. The van der Waals surface area contributed by atoms with Crippen LogP contribution in [0, 0.1) is 17.3 Å². The number of benzene rings is 1. The van der Waals surface area contributed by atoms with Gasteiger partial charge in [-0.3, -0.25) is 4.79 Å². The quantitative estimate of drug-likeness (QED) is 0.386. The second-order valence-corrected chi connectivity index (χ2v) is 10.3. The number of hydrogen-bond donors (Lipinski definition) is 0. The van der Waals surface area contributed by atoms with Crippen LogP contribution in [0.15, 0.2) is 33.5 Å². The second kappa shape index (κ2) is 9.23. The largest absolute Gasteiger partial charge is 0.487 e. The van der Waals surface area contributed by atoms with Crippen molar-refractivity contribution in [2.45, 2.75) is 58.5 Å². The predicted molar refractivity (Wildman–Crippen MR) is 119 cm³/mol. The molecule has 0 radical (unpaired) electrons. The summed E-state index contributed by atoms with van der Waals surface area (Å²) in [5.74, 6) is 2.45. The van der Waals surface area contributed by atoms with Gasteiger partial charge in [-0.2, -0.15) is 0 Å². The molecule has 0 N–H and O–H groups in total. The predicted octanol–water partition coefficient (Wildman–Crippen LogP) is 5.89. The topological polar surface area (TPSA) is 70.8 Å². The van der Waals surface area contributed by atoms with Gasteiger partial charge in [-0.25, -0.2) is 0 Å². The fraction of sp³-hybridized carbons (Fsp3) is 0.583. The summed E-state index contributed by atoms with van der Waals surface area (Å²) in [7, 11) is 1.44. The van der Waals surface area contributed by atoms with E-state index in [1.807, 2.05) is 18.2 Å². The first-order valence-electron chi connectivity index (χ1n) is 10.9. The van der Waals surface area contributed by atoms with Crippen LogP contribution < -0.4 is 9.47 Å². The Balaban J connectivity index is 1.37. The van der Waals surface area contributed by atoms with Crippen LogP contribution in [0.3, 0.4) is 0 Å². The van der Waals surface area contributed by atoms with E-state index < -0.39 is 0 Å². The van der Waals surface area contributed by atoms with Gasteiger partial charge < -0.3 is 18.7 Å². The minimum Gasteiger partial charge on any atom is -0.487 e. The fourth-order valence-electron chi connectivity index (χ4n) is 4.65. The third-order valence-corrected chi connectivity index (χ3v) is 6.79. The van der Waals surface area contributed by atoms with Gasteiger partial charge >= 0.3 is 5.97 Å². The first-order chi connectivity index (χ1) is 14.8. The monoisotopic (exact) mass is 491 g/mol. The van der Waals surface area contributed by atoms with Crippen molar-refractivity contribution in [3.05, 3.63) is 40.2 Å². The Kier molecular flexibility index (Phi) is 6.60. The molecule has 2 fully saturated rings. The lowest BCUT2D eigenvalue weighted by atomic mass is 9.65. The van der Waals surface area contributed by atoms with Crippen LogP contribution in [0.1, 0.15) is 63.1 Å². The summed E-state index contributed by atoms with van der Waals surface area (Å²) in [6, 6.07) is 7.95. The maximum absolute atomic E-state index is 11.8. The highest BCUT2D eigenvalue weighted by atomic mass is 79.9. The summed E-state index contributed by atoms with van der Waals surface area (Å²) in [6.07, 6.45) is 5.04. The van der Waals surface area contributed by atoms with Crippen molar-refractivity contribution in [2.24, 2.45) is 17.3 Å². The Morgan fingerprint density at radius 2 is 2.06 bits per heavy atom. The molecule has 6 nitrogen and oxygen atoms in total. The standard InChI is InChI=1S/C24H30BrNO5/c1-24(2)11-15(12-24)13-30-22-20(26-31-23(22)25)14-29-18-6-4-5-17(9-18)19(16-7-8-16)10-21(27)28-3/h4-6,9,15-16,19H,7-8,10-14H2,1-3H3. The van der Waals surface area contributed by atoms with E-state index >= 15 is 0 Å². The number of aromatic nitrogens is 1. The maximum Gasteiger partial charge on any atom is 0.306 e. The van der Waals surface area contributed by atoms with Crippen molar-refractivity contribution in [1.82, 2.24) is 5.16 Å². The van der Waals surface area contributed by atoms with Crippen molar-refractivity contribution in [2.75, 3.05) is 13.7 Å². The number of esters is 1. The second-order valence-electron chi connectivity index (χ2n) is 9.57. The molecule has 1 atom stereocenters. The van der Waals surface area contributed by atoms with Crippen molar-refractivity contribution in [1.29, 1.82) is 0 Å². The molecule has 0 bridgehead atoms. The third-order valence-electron chi connectivity index (χ3n) is 6.29. The van der Waals surface area contributed by atoms with E-state index in [4.69, 9.17) is 18.7 Å². The van der Waals surface area contributed by atoms with Gasteiger partial charge in [0, 0.05) is 0 Å². The minimum absolute atomic E-state index is 0.169. The van der Waals surface area contributed by atoms with E-state index in [1.54, 1.807) is 0 Å². The minimum atomic E-state index is -0.174. The molecule has 2 saturated carbocycles. The molecule has 0 amide bonds. The van der Waals surface area contributed by atoms with E-state index in [0.29, 0.717) is 46.4 Å². The van der Waals surface area contributed by atoms with Crippen molar-refractivity contribution < 1.29 is 23.5 Å². The summed E-state index contributed by atoms with van der Waals surface area (Å²) >= 11 is 3.39. The molecular formula is C24H30BrNO5. The average molecular weight is 492 g/mol. The van der Waals surface area contributed by atoms with Crippen LogP contribution in [0.4, 0.5) is 0 Å². The fourth-order valence-corrected chi connectivity index (χ4v) is 5.07. The van der Waals surface area contributed by atoms with Gasteiger partial charge in [0.15, 0.2) is 5.69 Å². The molecule has 4 rings (SSSR count). The Bertz CT molecular complexity index is 912. The molecule has 2 aliphatic rings. The Hall–Kier alpha value is -2.02. The molecular weight excluding hydrogens is 462 g/mol. The lowest BCUT2D eigenvalue weighted by Gasteiger charge is -2.42. The zero-order chi connectivity index (χ0) is 22.0. The number of ether oxygens (including phenoxy) is 3. The SMILES string of the molecule is COC(=O)CC(c1cccc(OCc2noc(Br)c2OCC2CC(C)(C)C2)c1)C1CC1. The highest BCUT2D eigenvalue weighted by molar-refractivity contribution is 9.10. The van der Waals surface area contributed by atoms with Crippen molar-refractivity contribution in [3.8, 4) is 11.5 Å². The van der Waals surface area contributed by atoms with Crippen molar-refractivity contribution >= 4 is 21.9 Å². The Morgan fingerprint density at radius 1 is 1.29 bits per heavy atom. The van der Waals surface area contributed by atoms with Gasteiger partial charge in [0.2, 0.25) is 10.4 Å². The van der Waals surface area contributed by atoms with Crippen LogP contribution in [-0.2, 0) is 16.1 Å². The van der Waals surface area contributed by atoms with Gasteiger partial charge in [0.25, 0.3) is 0 Å². The lowest BCUT2D eigenvalue weighted by molar-refractivity contribution is -0.141. The van der Waals surface area contributed by atoms with Gasteiger partial charge in [0.1, 0.15) is 12.4 Å². The van der Waals surface area contributed by atoms with E-state index in [0.717, 1.165) is 24.2 Å². The van der Waals surface area contributed by atoms with Crippen LogP contribution >= 0.6 is 15.9 Å². The molecule has 1 aromatic heterocycles. The maximum atomic E-state index is 11.8. The Morgan fingerprint density at radius 3 is 2.74 bits per heavy atom. The van der Waals surface area contributed by atoms with Gasteiger partial charge in [-0.05, 0) is 82.5 Å². The molecule has 7 heteroatoms. The molecule has 2 aromatic rings. The van der Waals surface area contributed by atoms with E-state index in [1.165, 1.54) is 20.0 Å². The first-order valence-corrected chi connectivity index (χ1v) is 11.7. The number of carbonyl (C=O) groups excluding carboxylic acids is 1. The number of carbonyl (C=O) groups is 1. The normalized spacial score (nSPS) is 18.8. The van der Waals surface area contributed by atoms with E-state index in [-0.39, 0.29) is 18.5 Å². The molecule has 31 heavy (non-hydrogen) atoms. The number of nitrogens with zero attached hydrogens (tertiary/aromatic N) is 1. The Labute approximate surface area is 191 Å². The van der Waals surface area contributed by atoms with Gasteiger partial charge in [-0.15, -0.1) is 0 Å². The van der Waals surface area contributed by atoms with Crippen LogP contribution in [-0.4, -0.2) is 24.8 Å². The van der Waals surface area contributed by atoms with Crippen LogP contribution in [0.5, 0.6) is 11.5 Å². The molecule has 1 unspecified atom stereocenters. The number of methoxy groups -OCH3 is 1. The number of rotatable bonds is 10. The number of hydrogen-bond acceptors (Lipinski definition) is 6. The van der Waals surface area contributed by atoms with Gasteiger partial charge in [0.05, 0.1) is 20.1 Å². The molecule has 0 saturated heterocycles. The first kappa shape index (κ1) is 22.2. The molecule has 0 spiro atoms. The highest BCUT2D eigenvalue weighted by Crippen LogP contribution is 2.46. The highest BCUT2D eigenvalue weighted by Gasteiger charge is 2.37. The summed E-state index contributed by atoms with van der Waals surface area (Å²) in [4.78, 5) is 11.8. The zero-order valence-electron chi connectivity index (χ0n) is 18.4. The van der Waals surface area contributed by atoms with E-state index in [9.17, 15) is 4.79 Å². The van der Waals surface area contributed by atoms with Crippen LogP contribution in [0.25, 0.3) is 0 Å². The lowest BCUT2D eigenvalue weighted by Crippen LogP contribution is -2.35. The summed E-state index contributed by atoms with van der Waals surface area (Å²) in [5.41, 5.74) is 2.16. The molecule has 1 aromatic carbocycles. The van der Waals surface area contributed by atoms with Crippen molar-refractivity contribution in [3.63, 3.8) is 0 Å². The summed E-state index contributed by atoms with van der Waals surface area (Å²) in [6.45, 7) is 5.47. The molecule has 0 aliphatic heterocycles. The smallest absolute Gasteiger partial charge is 0.306 e. The molecule has 168 valence electrons. The molecule has 1 heterocycles. The summed E-state index contributed by atoms with van der Waals surface area (Å²) < 4.78 is 22.7. The number of halogens is 1. The molecule has 2 aliphatic carbocycles. The average Bonchev–Trinajstić information content (AvgIpc) is 3.51.